The molecule has 0 radical (unpaired) electrons. The number of hydrogen-bond acceptors (Lipinski definition) is 6. The first-order valence-corrected chi connectivity index (χ1v) is 9.06. The number of nitrogens with zero attached hydrogens (tertiary/aromatic N) is 1. The van der Waals surface area contributed by atoms with Crippen LogP contribution in [-0.4, -0.2) is 10.7 Å². The fraction of sp³-hybridized carbons (Fsp3) is 0.105. The van der Waals surface area contributed by atoms with Gasteiger partial charge < -0.3 is 9.15 Å². The van der Waals surface area contributed by atoms with Gasteiger partial charge in [-0.05, 0) is 55.5 Å². The van der Waals surface area contributed by atoms with E-state index in [9.17, 15) is 14.9 Å². The molecular formula is C19H14ClNO5S. The molecule has 2 aromatic heterocycles. The molecule has 0 N–H and O–H groups in total. The zero-order valence-corrected chi connectivity index (χ0v) is 15.8. The van der Waals surface area contributed by atoms with Crippen LogP contribution in [0.15, 0.2) is 53.0 Å². The summed E-state index contributed by atoms with van der Waals surface area (Å²) in [5.41, 5.74) is -0.217. The van der Waals surface area contributed by atoms with Crippen molar-refractivity contribution in [3.8, 4) is 5.75 Å². The first-order chi connectivity index (χ1) is 12.9. The Bertz CT molecular complexity index is 1020. The summed E-state index contributed by atoms with van der Waals surface area (Å²) in [6, 6.07) is 11.2. The number of aryl methyl sites for hydroxylation is 1. The minimum absolute atomic E-state index is 0.00831. The lowest BCUT2D eigenvalue weighted by molar-refractivity contribution is -0.385. The molecule has 0 saturated heterocycles. The van der Waals surface area contributed by atoms with Crippen LogP contribution < -0.4 is 4.74 Å². The second-order valence-electron chi connectivity index (χ2n) is 5.57. The molecule has 0 unspecified atom stereocenters. The number of nitro groups is 1. The summed E-state index contributed by atoms with van der Waals surface area (Å²) in [5.74, 6) is 0.958. The average molecular weight is 404 g/mol. The number of ketones is 1. The van der Waals surface area contributed by atoms with E-state index in [4.69, 9.17) is 20.8 Å². The Hall–Kier alpha value is -2.90. The van der Waals surface area contributed by atoms with E-state index in [1.54, 1.807) is 24.3 Å². The van der Waals surface area contributed by atoms with Gasteiger partial charge in [0.15, 0.2) is 11.5 Å². The van der Waals surface area contributed by atoms with Crippen LogP contribution in [0.2, 0.25) is 5.02 Å². The number of ether oxygens (including phenoxy) is 1. The van der Waals surface area contributed by atoms with Crippen molar-refractivity contribution in [3.05, 3.63) is 85.0 Å². The molecule has 6 nitrogen and oxygen atoms in total. The Balaban J connectivity index is 1.64. The van der Waals surface area contributed by atoms with Gasteiger partial charge in [-0.1, -0.05) is 11.6 Å². The summed E-state index contributed by atoms with van der Waals surface area (Å²) in [7, 11) is 0. The lowest BCUT2D eigenvalue weighted by Crippen LogP contribution is -1.98. The molecule has 0 atom stereocenters. The molecule has 2 heterocycles. The standard InChI is InChI=1S/C19H14ClNO5S/c1-12-2-9-19(27-12)17(22)7-6-14-4-5-15(26-14)11-25-18-8-3-13(20)10-16(18)21(23)24/h2-10H,11H2,1H3/b7-6+. The first kappa shape index (κ1) is 18.9. The first-order valence-electron chi connectivity index (χ1n) is 7.86. The smallest absolute Gasteiger partial charge is 0.312 e. The molecule has 0 bridgehead atoms. The number of hydrogen-bond donors (Lipinski definition) is 0. The van der Waals surface area contributed by atoms with E-state index >= 15 is 0 Å². The number of rotatable bonds is 7. The van der Waals surface area contributed by atoms with Gasteiger partial charge in [0.1, 0.15) is 18.1 Å². The molecule has 0 amide bonds. The van der Waals surface area contributed by atoms with Gasteiger partial charge in [0, 0.05) is 16.0 Å². The van der Waals surface area contributed by atoms with E-state index in [0.29, 0.717) is 16.4 Å². The number of thiophene rings is 1. The van der Waals surface area contributed by atoms with Crippen molar-refractivity contribution >= 4 is 40.5 Å². The van der Waals surface area contributed by atoms with Crippen molar-refractivity contribution in [1.82, 2.24) is 0 Å². The average Bonchev–Trinajstić information content (AvgIpc) is 3.27. The Morgan fingerprint density at radius 1 is 1.30 bits per heavy atom. The summed E-state index contributed by atoms with van der Waals surface area (Å²) in [6.07, 6.45) is 3.02. The molecule has 0 aliphatic heterocycles. The number of carbonyl (C=O) groups excluding carboxylic acids is 1. The van der Waals surface area contributed by atoms with Crippen LogP contribution in [0.25, 0.3) is 6.08 Å². The summed E-state index contributed by atoms with van der Waals surface area (Å²) < 4.78 is 11.0. The number of halogens is 1. The molecule has 0 aliphatic rings. The zero-order chi connectivity index (χ0) is 19.4. The highest BCUT2D eigenvalue weighted by molar-refractivity contribution is 7.14. The van der Waals surface area contributed by atoms with Crippen LogP contribution in [0, 0.1) is 17.0 Å². The molecule has 0 saturated carbocycles. The van der Waals surface area contributed by atoms with Crippen molar-refractivity contribution in [3.63, 3.8) is 0 Å². The molecule has 0 spiro atoms. The van der Waals surface area contributed by atoms with E-state index < -0.39 is 4.92 Å². The van der Waals surface area contributed by atoms with E-state index in [0.717, 1.165) is 4.88 Å². The van der Waals surface area contributed by atoms with E-state index in [-0.39, 0.29) is 28.8 Å². The Kier molecular flexibility index (Phi) is 5.73. The third-order valence-corrected chi connectivity index (χ3v) is 4.80. The lowest BCUT2D eigenvalue weighted by Gasteiger charge is -2.05. The Labute approximate surface area is 163 Å². The van der Waals surface area contributed by atoms with Gasteiger partial charge in [0.25, 0.3) is 0 Å². The van der Waals surface area contributed by atoms with Crippen LogP contribution in [0.5, 0.6) is 5.75 Å². The number of carbonyl (C=O) groups is 1. The van der Waals surface area contributed by atoms with Gasteiger partial charge in [-0.25, -0.2) is 0 Å². The van der Waals surface area contributed by atoms with Crippen LogP contribution in [-0.2, 0) is 6.61 Å². The van der Waals surface area contributed by atoms with Crippen LogP contribution in [0.4, 0.5) is 5.69 Å². The fourth-order valence-corrected chi connectivity index (χ4v) is 3.23. The van der Waals surface area contributed by atoms with Gasteiger partial charge >= 0.3 is 5.69 Å². The quantitative estimate of drug-likeness (QED) is 0.219. The highest BCUT2D eigenvalue weighted by atomic mass is 35.5. The number of allylic oxidation sites excluding steroid dienone is 1. The SMILES string of the molecule is Cc1ccc(C(=O)/C=C/c2ccc(COc3ccc(Cl)cc3[N+](=O)[O-])o2)s1. The van der Waals surface area contributed by atoms with Crippen LogP contribution >= 0.6 is 22.9 Å². The normalized spacial score (nSPS) is 11.0. The molecule has 27 heavy (non-hydrogen) atoms. The van der Waals surface area contributed by atoms with E-state index in [1.807, 2.05) is 13.0 Å². The Morgan fingerprint density at radius 2 is 2.11 bits per heavy atom. The van der Waals surface area contributed by atoms with Crippen molar-refractivity contribution < 1.29 is 18.9 Å². The minimum atomic E-state index is -0.560. The summed E-state index contributed by atoms with van der Waals surface area (Å²) in [5, 5.41) is 11.3. The molecule has 1 aromatic carbocycles. The molecule has 0 fully saturated rings. The molecular weight excluding hydrogens is 390 g/mol. The molecule has 138 valence electrons. The topological polar surface area (TPSA) is 82.6 Å². The number of nitro benzene ring substituents is 1. The predicted octanol–water partition coefficient (Wildman–Crippen LogP) is 5.69. The minimum Gasteiger partial charge on any atom is -0.479 e. The Morgan fingerprint density at radius 3 is 2.81 bits per heavy atom. The second kappa shape index (κ2) is 8.20. The predicted molar refractivity (Wildman–Crippen MR) is 104 cm³/mol. The van der Waals surface area contributed by atoms with Crippen molar-refractivity contribution in [1.29, 1.82) is 0 Å². The molecule has 8 heteroatoms. The monoisotopic (exact) mass is 403 g/mol. The fourth-order valence-electron chi connectivity index (χ4n) is 2.27. The summed E-state index contributed by atoms with van der Waals surface area (Å²) in [6.45, 7) is 1.95. The zero-order valence-electron chi connectivity index (χ0n) is 14.2. The largest absolute Gasteiger partial charge is 0.479 e. The van der Waals surface area contributed by atoms with E-state index in [2.05, 4.69) is 0 Å². The number of benzene rings is 1. The van der Waals surface area contributed by atoms with Gasteiger partial charge in [0.2, 0.25) is 0 Å². The highest BCUT2D eigenvalue weighted by Gasteiger charge is 2.16. The number of furan rings is 1. The highest BCUT2D eigenvalue weighted by Crippen LogP contribution is 2.30. The summed E-state index contributed by atoms with van der Waals surface area (Å²) in [4.78, 5) is 24.3. The second-order valence-corrected chi connectivity index (χ2v) is 7.29. The van der Waals surface area contributed by atoms with Crippen molar-refractivity contribution in [2.24, 2.45) is 0 Å². The maximum atomic E-state index is 12.1. The third kappa shape index (κ3) is 4.84. The van der Waals surface area contributed by atoms with Crippen LogP contribution in [0.1, 0.15) is 26.1 Å². The van der Waals surface area contributed by atoms with E-state index in [1.165, 1.54) is 35.6 Å². The van der Waals surface area contributed by atoms with Gasteiger partial charge in [-0.2, -0.15) is 0 Å². The molecule has 3 aromatic rings. The maximum Gasteiger partial charge on any atom is 0.312 e. The van der Waals surface area contributed by atoms with Crippen molar-refractivity contribution in [2.75, 3.05) is 0 Å². The van der Waals surface area contributed by atoms with Gasteiger partial charge in [0.05, 0.1) is 9.80 Å². The third-order valence-electron chi connectivity index (χ3n) is 3.55. The maximum absolute atomic E-state index is 12.1. The lowest BCUT2D eigenvalue weighted by atomic mass is 10.3. The molecule has 0 aliphatic carbocycles. The van der Waals surface area contributed by atoms with Crippen molar-refractivity contribution in [2.45, 2.75) is 13.5 Å². The van der Waals surface area contributed by atoms with Gasteiger partial charge in [-0.15, -0.1) is 11.3 Å². The summed E-state index contributed by atoms with van der Waals surface area (Å²) >= 11 is 7.21. The van der Waals surface area contributed by atoms with Gasteiger partial charge in [-0.3, -0.25) is 14.9 Å². The molecule has 3 rings (SSSR count). The van der Waals surface area contributed by atoms with Crippen LogP contribution in [0.3, 0.4) is 0 Å².